The molecule has 0 unspecified atom stereocenters. The summed E-state index contributed by atoms with van der Waals surface area (Å²) in [5.41, 5.74) is 2.67. The number of para-hydroxylation sites is 1. The monoisotopic (exact) mass is 421 g/mol. The van der Waals surface area contributed by atoms with Crippen molar-refractivity contribution < 1.29 is 4.79 Å². The van der Waals surface area contributed by atoms with E-state index in [0.29, 0.717) is 22.3 Å². The van der Waals surface area contributed by atoms with Gasteiger partial charge in [0.25, 0.3) is 5.91 Å². The number of hydrogen-bond donors (Lipinski definition) is 2. The van der Waals surface area contributed by atoms with Crippen LogP contribution >= 0.6 is 11.6 Å². The van der Waals surface area contributed by atoms with E-state index in [2.05, 4.69) is 37.6 Å². The van der Waals surface area contributed by atoms with Gasteiger partial charge >= 0.3 is 0 Å². The second-order valence-corrected chi connectivity index (χ2v) is 7.81. The number of hydrogen-bond acceptors (Lipinski definition) is 5. The van der Waals surface area contributed by atoms with Gasteiger partial charge in [-0.1, -0.05) is 23.7 Å². The lowest BCUT2D eigenvalue weighted by atomic mass is 9.96. The molecule has 1 aliphatic heterocycles. The lowest BCUT2D eigenvalue weighted by molar-refractivity contribution is 0.102. The van der Waals surface area contributed by atoms with Crippen LogP contribution in [0.2, 0.25) is 5.02 Å². The lowest BCUT2D eigenvalue weighted by Crippen LogP contribution is -2.35. The highest BCUT2D eigenvalue weighted by Crippen LogP contribution is 2.24. The van der Waals surface area contributed by atoms with Crippen molar-refractivity contribution in [1.82, 2.24) is 9.97 Å². The van der Waals surface area contributed by atoms with Gasteiger partial charge in [-0.2, -0.15) is 0 Å². The molecule has 6 nitrogen and oxygen atoms in total. The summed E-state index contributed by atoms with van der Waals surface area (Å²) in [6.07, 6.45) is 7.41. The first-order valence-corrected chi connectivity index (χ1v) is 10.5. The molecule has 1 aliphatic rings. The molecule has 3 aromatic rings. The third-order valence-electron chi connectivity index (χ3n) is 5.36. The fraction of sp³-hybridized carbons (Fsp3) is 0.261. The molecule has 7 heteroatoms. The van der Waals surface area contributed by atoms with Gasteiger partial charge in [0, 0.05) is 49.6 Å². The molecule has 1 aromatic carbocycles. The molecule has 1 amide bonds. The van der Waals surface area contributed by atoms with Gasteiger partial charge in [-0.05, 0) is 55.2 Å². The van der Waals surface area contributed by atoms with E-state index in [9.17, 15) is 4.79 Å². The van der Waals surface area contributed by atoms with Crippen molar-refractivity contribution in [3.8, 4) is 0 Å². The summed E-state index contributed by atoms with van der Waals surface area (Å²) in [4.78, 5) is 23.4. The molecule has 0 radical (unpaired) electrons. The van der Waals surface area contributed by atoms with Crippen LogP contribution in [0.25, 0.3) is 0 Å². The van der Waals surface area contributed by atoms with E-state index in [1.165, 1.54) is 11.9 Å². The topological polar surface area (TPSA) is 70.2 Å². The number of rotatable bonds is 6. The molecule has 0 spiro atoms. The third kappa shape index (κ3) is 5.07. The minimum Gasteiger partial charge on any atom is -0.384 e. The number of aromatic nitrogens is 2. The van der Waals surface area contributed by atoms with E-state index < -0.39 is 0 Å². The molecular formula is C23H24ClN5O. The van der Waals surface area contributed by atoms with Crippen LogP contribution in [0.5, 0.6) is 0 Å². The molecule has 0 aliphatic carbocycles. The molecule has 4 rings (SSSR count). The van der Waals surface area contributed by atoms with Crippen LogP contribution < -0.4 is 15.5 Å². The fourth-order valence-electron chi connectivity index (χ4n) is 3.67. The Morgan fingerprint density at radius 2 is 1.83 bits per heavy atom. The molecule has 154 valence electrons. The summed E-state index contributed by atoms with van der Waals surface area (Å²) < 4.78 is 0. The molecule has 2 aromatic heterocycles. The normalized spacial score (nSPS) is 14.4. The van der Waals surface area contributed by atoms with Gasteiger partial charge in [0.1, 0.15) is 5.82 Å². The molecule has 3 heterocycles. The first-order valence-electron chi connectivity index (χ1n) is 10.1. The first kappa shape index (κ1) is 20.2. The van der Waals surface area contributed by atoms with Crippen LogP contribution in [0.4, 0.5) is 17.2 Å². The maximum Gasteiger partial charge on any atom is 0.258 e. The zero-order valence-electron chi connectivity index (χ0n) is 16.6. The Hall–Kier alpha value is -3.12. The molecule has 0 bridgehead atoms. The van der Waals surface area contributed by atoms with Crippen molar-refractivity contribution in [3.05, 3.63) is 77.7 Å². The average molecular weight is 422 g/mol. The smallest absolute Gasteiger partial charge is 0.258 e. The molecule has 0 atom stereocenters. The van der Waals surface area contributed by atoms with Gasteiger partial charge in [-0.25, -0.2) is 4.98 Å². The zero-order valence-corrected chi connectivity index (χ0v) is 17.3. The average Bonchev–Trinajstić information content (AvgIpc) is 2.80. The van der Waals surface area contributed by atoms with Crippen molar-refractivity contribution in [2.75, 3.05) is 35.2 Å². The maximum atomic E-state index is 12.7. The zero-order chi connectivity index (χ0) is 20.8. The quantitative estimate of drug-likeness (QED) is 0.603. The highest BCUT2D eigenvalue weighted by atomic mass is 35.5. The van der Waals surface area contributed by atoms with Gasteiger partial charge in [-0.15, -0.1) is 0 Å². The molecular weight excluding hydrogens is 398 g/mol. The van der Waals surface area contributed by atoms with E-state index >= 15 is 0 Å². The number of carbonyl (C=O) groups excluding carboxylic acids is 1. The predicted molar refractivity (Wildman–Crippen MR) is 121 cm³/mol. The second kappa shape index (κ2) is 9.59. The summed E-state index contributed by atoms with van der Waals surface area (Å²) >= 11 is 5.86. The Morgan fingerprint density at radius 1 is 1.07 bits per heavy atom. The Bertz CT molecular complexity index is 972. The highest BCUT2D eigenvalue weighted by molar-refractivity contribution is 6.30. The van der Waals surface area contributed by atoms with Crippen LogP contribution in [-0.2, 0) is 0 Å². The minimum atomic E-state index is -0.194. The van der Waals surface area contributed by atoms with Gasteiger partial charge in [0.15, 0.2) is 0 Å². The molecule has 30 heavy (non-hydrogen) atoms. The Kier molecular flexibility index (Phi) is 6.44. The van der Waals surface area contributed by atoms with Crippen molar-refractivity contribution >= 4 is 34.7 Å². The molecule has 1 saturated heterocycles. The van der Waals surface area contributed by atoms with Gasteiger partial charge in [-0.3, -0.25) is 9.78 Å². The van der Waals surface area contributed by atoms with E-state index in [4.69, 9.17) is 11.6 Å². The number of amides is 1. The number of carbonyl (C=O) groups is 1. The number of pyridine rings is 2. The highest BCUT2D eigenvalue weighted by Gasteiger charge is 2.20. The van der Waals surface area contributed by atoms with Crippen LogP contribution in [0.1, 0.15) is 23.2 Å². The second-order valence-electron chi connectivity index (χ2n) is 7.38. The summed E-state index contributed by atoms with van der Waals surface area (Å²) in [6.45, 7) is 2.90. The van der Waals surface area contributed by atoms with Crippen molar-refractivity contribution in [2.45, 2.75) is 12.8 Å². The molecule has 0 saturated carbocycles. The molecule has 1 fully saturated rings. The largest absolute Gasteiger partial charge is 0.384 e. The fourth-order valence-corrected chi connectivity index (χ4v) is 3.78. The van der Waals surface area contributed by atoms with E-state index in [-0.39, 0.29) is 5.91 Å². The summed E-state index contributed by atoms with van der Waals surface area (Å²) in [6, 6.07) is 15.1. The number of nitrogens with zero attached hydrogens (tertiary/aromatic N) is 3. The Balaban J connectivity index is 1.33. The van der Waals surface area contributed by atoms with E-state index in [0.717, 1.165) is 38.2 Å². The number of piperidine rings is 1. The minimum absolute atomic E-state index is 0.194. The van der Waals surface area contributed by atoms with Crippen molar-refractivity contribution in [3.63, 3.8) is 0 Å². The summed E-state index contributed by atoms with van der Waals surface area (Å²) in [5.74, 6) is 0.847. The van der Waals surface area contributed by atoms with Crippen LogP contribution in [0, 0.1) is 5.92 Å². The third-order valence-corrected chi connectivity index (χ3v) is 5.59. The SMILES string of the molecule is O=C(Nc1ccc(Cl)cn1)c1ccccc1NCC1CCN(c2ccncc2)CC1. The van der Waals surface area contributed by atoms with Crippen LogP contribution in [-0.4, -0.2) is 35.5 Å². The van der Waals surface area contributed by atoms with Crippen LogP contribution in [0.15, 0.2) is 67.1 Å². The first-order chi connectivity index (χ1) is 14.7. The maximum absolute atomic E-state index is 12.7. The van der Waals surface area contributed by atoms with E-state index in [1.54, 1.807) is 12.1 Å². The summed E-state index contributed by atoms with van der Waals surface area (Å²) in [5, 5.41) is 6.84. The molecule has 2 N–H and O–H groups in total. The Morgan fingerprint density at radius 3 is 2.57 bits per heavy atom. The lowest BCUT2D eigenvalue weighted by Gasteiger charge is -2.33. The number of benzene rings is 1. The van der Waals surface area contributed by atoms with Crippen LogP contribution in [0.3, 0.4) is 0 Å². The Labute approximate surface area is 181 Å². The van der Waals surface area contributed by atoms with Gasteiger partial charge in [0.2, 0.25) is 0 Å². The number of nitrogens with one attached hydrogen (secondary N) is 2. The van der Waals surface area contributed by atoms with Crippen molar-refractivity contribution in [1.29, 1.82) is 0 Å². The standard InChI is InChI=1S/C23H24ClN5O/c24-18-5-6-22(27-16-18)28-23(30)20-3-1-2-4-21(20)26-15-17-9-13-29(14-10-17)19-7-11-25-12-8-19/h1-8,11-12,16-17,26H,9-10,13-15H2,(H,27,28,30). The van der Waals surface area contributed by atoms with E-state index in [1.807, 2.05) is 36.7 Å². The number of halogens is 1. The van der Waals surface area contributed by atoms with Gasteiger partial charge < -0.3 is 15.5 Å². The number of anilines is 3. The summed E-state index contributed by atoms with van der Waals surface area (Å²) in [7, 11) is 0. The predicted octanol–water partition coefficient (Wildman–Crippen LogP) is 4.71. The van der Waals surface area contributed by atoms with Gasteiger partial charge in [0.05, 0.1) is 10.6 Å². The van der Waals surface area contributed by atoms with Crippen molar-refractivity contribution in [2.24, 2.45) is 5.92 Å².